The van der Waals surface area contributed by atoms with Gasteiger partial charge in [0.2, 0.25) is 0 Å². The summed E-state index contributed by atoms with van der Waals surface area (Å²) in [6.45, 7) is 3.87. The average Bonchev–Trinajstić information content (AvgIpc) is 2.20. The molecule has 0 fully saturated rings. The Kier molecular flexibility index (Phi) is 4.13. The summed E-state index contributed by atoms with van der Waals surface area (Å²) in [5.41, 5.74) is 3.59. The van der Waals surface area contributed by atoms with Crippen LogP contribution < -0.4 is 5.48 Å². The lowest BCUT2D eigenvalue weighted by atomic mass is 10.1. The number of rotatable bonds is 5. The van der Waals surface area contributed by atoms with Crippen LogP contribution in [0.4, 0.5) is 5.69 Å². The monoisotopic (exact) mass is 193 g/mol. The summed E-state index contributed by atoms with van der Waals surface area (Å²) in [6, 6.07) is 9.48. The topological polar surface area (TPSA) is 38.3 Å². The molecular formula is C11H15NO2. The van der Waals surface area contributed by atoms with E-state index in [-0.39, 0.29) is 5.92 Å². The molecule has 0 aromatic heterocycles. The number of carbonyl (C=O) groups is 1. The molecule has 1 aromatic carbocycles. The van der Waals surface area contributed by atoms with E-state index in [9.17, 15) is 4.79 Å². The van der Waals surface area contributed by atoms with Crippen LogP contribution in [0.15, 0.2) is 30.3 Å². The molecule has 0 amide bonds. The highest BCUT2D eigenvalue weighted by atomic mass is 16.7. The maximum Gasteiger partial charge on any atom is 0.151 e. The fraction of sp³-hybridized carbons (Fsp3) is 0.364. The van der Waals surface area contributed by atoms with Gasteiger partial charge in [0.25, 0.3) is 0 Å². The number of benzene rings is 1. The standard InChI is InChI=1S/C11H15NO2/c1-9(2)11(8-13)14-12-10-6-4-3-5-7-10/h3-9,11-12H,1-2H3. The Bertz CT molecular complexity index is 272. The number of nitrogens with one attached hydrogen (secondary N) is 1. The Hall–Kier alpha value is -1.35. The molecule has 1 rings (SSSR count). The fourth-order valence-corrected chi connectivity index (χ4v) is 0.963. The van der Waals surface area contributed by atoms with E-state index in [1.807, 2.05) is 44.2 Å². The Balaban J connectivity index is 2.43. The highest BCUT2D eigenvalue weighted by molar-refractivity contribution is 5.56. The van der Waals surface area contributed by atoms with Gasteiger partial charge in [0.1, 0.15) is 6.10 Å². The molecule has 0 aliphatic carbocycles. The third-order valence-corrected chi connectivity index (χ3v) is 1.88. The first-order valence-corrected chi connectivity index (χ1v) is 4.66. The predicted molar refractivity (Wildman–Crippen MR) is 55.8 cm³/mol. The van der Waals surface area contributed by atoms with Crippen LogP contribution >= 0.6 is 0 Å². The summed E-state index contributed by atoms with van der Waals surface area (Å²) in [6.07, 6.45) is 0.399. The molecule has 0 aliphatic rings. The lowest BCUT2D eigenvalue weighted by Gasteiger charge is -2.15. The minimum absolute atomic E-state index is 0.170. The molecule has 1 N–H and O–H groups in total. The number of hydrogen-bond acceptors (Lipinski definition) is 3. The van der Waals surface area contributed by atoms with Crippen LogP contribution in [0.1, 0.15) is 13.8 Å². The minimum Gasteiger partial charge on any atom is -0.300 e. The molecule has 0 saturated carbocycles. The summed E-state index contributed by atoms with van der Waals surface area (Å²) in [7, 11) is 0. The molecule has 14 heavy (non-hydrogen) atoms. The SMILES string of the molecule is CC(C)C(C=O)ONc1ccccc1. The van der Waals surface area contributed by atoms with Gasteiger partial charge in [-0.25, -0.2) is 0 Å². The summed E-state index contributed by atoms with van der Waals surface area (Å²) < 4.78 is 0. The van der Waals surface area contributed by atoms with Crippen molar-refractivity contribution < 1.29 is 9.63 Å². The molecule has 0 radical (unpaired) electrons. The summed E-state index contributed by atoms with van der Waals surface area (Å²) in [5.74, 6) is 0.170. The Morgan fingerprint density at radius 3 is 2.43 bits per heavy atom. The van der Waals surface area contributed by atoms with Gasteiger partial charge in [0, 0.05) is 0 Å². The van der Waals surface area contributed by atoms with Gasteiger partial charge in [-0.1, -0.05) is 32.0 Å². The number of para-hydroxylation sites is 1. The van der Waals surface area contributed by atoms with E-state index in [0.717, 1.165) is 12.0 Å². The van der Waals surface area contributed by atoms with Crippen LogP contribution in [0.2, 0.25) is 0 Å². The normalized spacial score (nSPS) is 12.5. The van der Waals surface area contributed by atoms with Crippen LogP contribution in [-0.4, -0.2) is 12.4 Å². The van der Waals surface area contributed by atoms with E-state index < -0.39 is 6.10 Å². The zero-order chi connectivity index (χ0) is 10.4. The zero-order valence-corrected chi connectivity index (χ0v) is 8.44. The van der Waals surface area contributed by atoms with Gasteiger partial charge in [-0.2, -0.15) is 0 Å². The molecule has 1 unspecified atom stereocenters. The van der Waals surface area contributed by atoms with Gasteiger partial charge in [0.05, 0.1) is 5.69 Å². The van der Waals surface area contributed by atoms with E-state index >= 15 is 0 Å². The van der Waals surface area contributed by atoms with Crippen molar-refractivity contribution in [3.05, 3.63) is 30.3 Å². The Morgan fingerprint density at radius 2 is 1.93 bits per heavy atom. The quantitative estimate of drug-likeness (QED) is 0.575. The van der Waals surface area contributed by atoms with E-state index in [4.69, 9.17) is 4.84 Å². The number of carbonyl (C=O) groups excluding carboxylic acids is 1. The van der Waals surface area contributed by atoms with Gasteiger partial charge < -0.3 is 4.79 Å². The molecular weight excluding hydrogens is 178 g/mol. The van der Waals surface area contributed by atoms with E-state index in [1.165, 1.54) is 0 Å². The third-order valence-electron chi connectivity index (χ3n) is 1.88. The molecule has 3 heteroatoms. The molecule has 1 atom stereocenters. The smallest absolute Gasteiger partial charge is 0.151 e. The summed E-state index contributed by atoms with van der Waals surface area (Å²) in [4.78, 5) is 15.8. The van der Waals surface area contributed by atoms with Crippen molar-refractivity contribution in [2.75, 3.05) is 5.48 Å². The van der Waals surface area contributed by atoms with Crippen molar-refractivity contribution in [3.8, 4) is 0 Å². The minimum atomic E-state index is -0.407. The first kappa shape index (κ1) is 10.7. The second-order valence-corrected chi connectivity index (χ2v) is 3.43. The summed E-state index contributed by atoms with van der Waals surface area (Å²) >= 11 is 0. The van der Waals surface area contributed by atoms with Crippen LogP contribution in [-0.2, 0) is 9.63 Å². The lowest BCUT2D eigenvalue weighted by Crippen LogP contribution is -2.24. The lowest BCUT2D eigenvalue weighted by molar-refractivity contribution is -0.118. The summed E-state index contributed by atoms with van der Waals surface area (Å²) in [5, 5.41) is 0. The van der Waals surface area contributed by atoms with E-state index in [2.05, 4.69) is 5.48 Å². The van der Waals surface area contributed by atoms with Crippen molar-refractivity contribution in [2.45, 2.75) is 20.0 Å². The Labute approximate surface area is 84.0 Å². The Morgan fingerprint density at radius 1 is 1.29 bits per heavy atom. The molecule has 0 heterocycles. The fourth-order valence-electron chi connectivity index (χ4n) is 0.963. The van der Waals surface area contributed by atoms with Crippen molar-refractivity contribution >= 4 is 12.0 Å². The zero-order valence-electron chi connectivity index (χ0n) is 8.44. The van der Waals surface area contributed by atoms with E-state index in [0.29, 0.717) is 0 Å². The van der Waals surface area contributed by atoms with Crippen molar-refractivity contribution in [1.29, 1.82) is 0 Å². The molecule has 1 aromatic rings. The molecule has 0 aliphatic heterocycles. The third kappa shape index (κ3) is 3.18. The van der Waals surface area contributed by atoms with Crippen molar-refractivity contribution in [1.82, 2.24) is 0 Å². The second-order valence-electron chi connectivity index (χ2n) is 3.43. The van der Waals surface area contributed by atoms with Crippen LogP contribution in [0.5, 0.6) is 0 Å². The molecule has 0 saturated heterocycles. The van der Waals surface area contributed by atoms with Crippen molar-refractivity contribution in [3.63, 3.8) is 0 Å². The van der Waals surface area contributed by atoms with Gasteiger partial charge in [-0.15, -0.1) is 0 Å². The van der Waals surface area contributed by atoms with Gasteiger partial charge in [0.15, 0.2) is 6.29 Å². The first-order chi connectivity index (χ1) is 6.74. The van der Waals surface area contributed by atoms with Gasteiger partial charge in [-0.05, 0) is 18.1 Å². The van der Waals surface area contributed by atoms with Crippen LogP contribution in [0, 0.1) is 5.92 Å². The van der Waals surface area contributed by atoms with Gasteiger partial charge >= 0.3 is 0 Å². The van der Waals surface area contributed by atoms with Gasteiger partial charge in [-0.3, -0.25) is 10.3 Å². The van der Waals surface area contributed by atoms with Crippen LogP contribution in [0.25, 0.3) is 0 Å². The maximum atomic E-state index is 10.6. The molecule has 0 bridgehead atoms. The number of hydrogen-bond donors (Lipinski definition) is 1. The number of aldehydes is 1. The molecule has 0 spiro atoms. The molecule has 76 valence electrons. The highest BCUT2D eigenvalue weighted by Gasteiger charge is 2.12. The van der Waals surface area contributed by atoms with Crippen LogP contribution in [0.3, 0.4) is 0 Å². The molecule has 3 nitrogen and oxygen atoms in total. The average molecular weight is 193 g/mol. The number of anilines is 1. The van der Waals surface area contributed by atoms with Crippen molar-refractivity contribution in [2.24, 2.45) is 5.92 Å². The second kappa shape index (κ2) is 5.40. The maximum absolute atomic E-state index is 10.6. The van der Waals surface area contributed by atoms with E-state index in [1.54, 1.807) is 0 Å². The largest absolute Gasteiger partial charge is 0.300 e. The predicted octanol–water partition coefficient (Wildman–Crippen LogP) is 2.25. The first-order valence-electron chi connectivity index (χ1n) is 4.66. The highest BCUT2D eigenvalue weighted by Crippen LogP contribution is 2.08.